The van der Waals surface area contributed by atoms with Crippen molar-refractivity contribution in [2.45, 2.75) is 44.9 Å². The molecule has 0 saturated carbocycles. The Kier molecular flexibility index (Phi) is 3.76. The Bertz CT molecular complexity index is 665. The van der Waals surface area contributed by atoms with Crippen molar-refractivity contribution in [2.24, 2.45) is 0 Å². The maximum absolute atomic E-state index is 12.7. The first-order chi connectivity index (χ1) is 10.5. The average molecular weight is 311 g/mol. The molecule has 3 heterocycles. The van der Waals surface area contributed by atoms with Gasteiger partial charge in [-0.25, -0.2) is 14.6 Å². The van der Waals surface area contributed by atoms with Gasteiger partial charge in [-0.15, -0.1) is 0 Å². The van der Waals surface area contributed by atoms with Crippen LogP contribution in [0.3, 0.4) is 0 Å². The predicted octanol–water partition coefficient (Wildman–Crippen LogP) is 2.68. The third-order valence-electron chi connectivity index (χ3n) is 3.61. The average Bonchev–Trinajstić information content (AvgIpc) is 2.89. The topological polar surface area (TPSA) is 55.6 Å². The summed E-state index contributed by atoms with van der Waals surface area (Å²) in [4.78, 5) is 8.05. The van der Waals surface area contributed by atoms with E-state index in [1.807, 2.05) is 11.6 Å². The van der Waals surface area contributed by atoms with Gasteiger partial charge in [0.25, 0.3) is 0 Å². The molecular weight excluding hydrogens is 295 g/mol. The van der Waals surface area contributed by atoms with Crippen molar-refractivity contribution in [2.75, 3.05) is 5.32 Å². The van der Waals surface area contributed by atoms with Gasteiger partial charge >= 0.3 is 6.18 Å². The summed E-state index contributed by atoms with van der Waals surface area (Å²) < 4.78 is 39.8. The summed E-state index contributed by atoms with van der Waals surface area (Å²) in [7, 11) is 0. The van der Waals surface area contributed by atoms with Crippen LogP contribution in [0.2, 0.25) is 0 Å². The van der Waals surface area contributed by atoms with Crippen molar-refractivity contribution >= 4 is 5.82 Å². The first kappa shape index (κ1) is 14.8. The number of aryl methyl sites for hydroxylation is 2. The molecule has 3 rings (SSSR count). The zero-order valence-electron chi connectivity index (χ0n) is 12.1. The summed E-state index contributed by atoms with van der Waals surface area (Å²) >= 11 is 0. The lowest BCUT2D eigenvalue weighted by atomic mass is 10.1. The van der Waals surface area contributed by atoms with Crippen LogP contribution in [0.25, 0.3) is 0 Å². The summed E-state index contributed by atoms with van der Waals surface area (Å²) in [6.07, 6.45) is -2.12. The normalized spacial score (nSPS) is 18.1. The molecule has 0 aliphatic carbocycles. The summed E-state index contributed by atoms with van der Waals surface area (Å²) in [5, 5.41) is 7.44. The Balaban J connectivity index is 1.72. The van der Waals surface area contributed by atoms with Crippen LogP contribution in [-0.4, -0.2) is 25.8 Å². The van der Waals surface area contributed by atoms with E-state index >= 15 is 0 Å². The second-order valence-electron chi connectivity index (χ2n) is 5.27. The highest BCUT2D eigenvalue weighted by molar-refractivity contribution is 5.37. The molecule has 2 aromatic rings. The van der Waals surface area contributed by atoms with Crippen LogP contribution in [0.15, 0.2) is 18.2 Å². The number of pyridine rings is 1. The first-order valence-corrected chi connectivity index (χ1v) is 7.19. The molecule has 5 nitrogen and oxygen atoms in total. The molecule has 1 N–H and O–H groups in total. The Morgan fingerprint density at radius 1 is 1.32 bits per heavy atom. The Morgan fingerprint density at radius 2 is 2.14 bits per heavy atom. The van der Waals surface area contributed by atoms with E-state index < -0.39 is 11.9 Å². The van der Waals surface area contributed by atoms with Crippen LogP contribution in [0.1, 0.15) is 30.7 Å². The van der Waals surface area contributed by atoms with E-state index in [0.29, 0.717) is 6.54 Å². The van der Waals surface area contributed by atoms with Gasteiger partial charge in [0, 0.05) is 18.9 Å². The maximum atomic E-state index is 12.7. The lowest BCUT2D eigenvalue weighted by Gasteiger charge is -2.24. The minimum atomic E-state index is -4.43. The second-order valence-corrected chi connectivity index (χ2v) is 5.27. The van der Waals surface area contributed by atoms with Crippen LogP contribution in [-0.2, 0) is 25.6 Å². The number of anilines is 1. The SMILES string of the molecule is CCc1nc2n(n1)CC(Nc1cccc(C(F)(F)F)n1)CC2. The van der Waals surface area contributed by atoms with E-state index in [-0.39, 0.29) is 11.9 Å². The molecule has 0 spiro atoms. The number of aromatic nitrogens is 4. The first-order valence-electron chi connectivity index (χ1n) is 7.19. The molecule has 8 heteroatoms. The quantitative estimate of drug-likeness (QED) is 0.947. The summed E-state index contributed by atoms with van der Waals surface area (Å²) in [6, 6.07) is 3.87. The summed E-state index contributed by atoms with van der Waals surface area (Å²) in [5.41, 5.74) is -0.886. The molecule has 1 atom stereocenters. The number of nitrogens with zero attached hydrogens (tertiary/aromatic N) is 4. The Hall–Kier alpha value is -2.12. The van der Waals surface area contributed by atoms with Gasteiger partial charge in [-0.3, -0.25) is 0 Å². The lowest BCUT2D eigenvalue weighted by Crippen LogP contribution is -2.32. The Morgan fingerprint density at radius 3 is 2.86 bits per heavy atom. The van der Waals surface area contributed by atoms with Gasteiger partial charge < -0.3 is 5.32 Å². The molecule has 0 bridgehead atoms. The minimum absolute atomic E-state index is 0.00473. The van der Waals surface area contributed by atoms with Crippen LogP contribution in [0.5, 0.6) is 0 Å². The highest BCUT2D eigenvalue weighted by Gasteiger charge is 2.32. The lowest BCUT2D eigenvalue weighted by molar-refractivity contribution is -0.141. The molecule has 118 valence electrons. The van der Waals surface area contributed by atoms with Crippen molar-refractivity contribution < 1.29 is 13.2 Å². The number of hydrogen-bond acceptors (Lipinski definition) is 4. The van der Waals surface area contributed by atoms with E-state index in [2.05, 4.69) is 20.4 Å². The Labute approximate surface area is 125 Å². The summed E-state index contributed by atoms with van der Waals surface area (Å²) in [5.74, 6) is 1.97. The molecule has 0 fully saturated rings. The van der Waals surface area contributed by atoms with Gasteiger partial charge in [0.1, 0.15) is 17.3 Å². The van der Waals surface area contributed by atoms with Crippen LogP contribution >= 0.6 is 0 Å². The highest BCUT2D eigenvalue weighted by Crippen LogP contribution is 2.28. The van der Waals surface area contributed by atoms with Gasteiger partial charge in [-0.1, -0.05) is 13.0 Å². The van der Waals surface area contributed by atoms with E-state index in [1.165, 1.54) is 6.07 Å². The van der Waals surface area contributed by atoms with Crippen molar-refractivity contribution in [1.29, 1.82) is 0 Å². The van der Waals surface area contributed by atoms with Crippen molar-refractivity contribution in [3.05, 3.63) is 35.5 Å². The number of nitrogens with one attached hydrogen (secondary N) is 1. The molecule has 0 amide bonds. The number of rotatable bonds is 3. The zero-order valence-corrected chi connectivity index (χ0v) is 12.1. The smallest absolute Gasteiger partial charge is 0.365 e. The molecule has 0 radical (unpaired) electrons. The van der Waals surface area contributed by atoms with Crippen LogP contribution in [0, 0.1) is 0 Å². The van der Waals surface area contributed by atoms with Gasteiger partial charge in [-0.2, -0.15) is 18.3 Å². The standard InChI is InChI=1S/C14H16F3N5/c1-2-11-20-13-7-6-9(8-22(13)21-11)18-12-5-3-4-10(19-12)14(15,16)17/h3-5,9H,2,6-8H2,1H3,(H,18,19). The van der Waals surface area contributed by atoms with Gasteiger partial charge in [0.05, 0.1) is 6.54 Å². The van der Waals surface area contributed by atoms with E-state index in [1.54, 1.807) is 6.07 Å². The fourth-order valence-electron chi connectivity index (χ4n) is 2.51. The van der Waals surface area contributed by atoms with Gasteiger partial charge in [0.15, 0.2) is 5.82 Å². The number of fused-ring (bicyclic) bond motifs is 1. The number of alkyl halides is 3. The molecule has 22 heavy (non-hydrogen) atoms. The molecule has 1 aliphatic rings. The fourth-order valence-corrected chi connectivity index (χ4v) is 2.51. The fraction of sp³-hybridized carbons (Fsp3) is 0.500. The zero-order chi connectivity index (χ0) is 15.7. The van der Waals surface area contributed by atoms with Gasteiger partial charge in [-0.05, 0) is 18.6 Å². The molecule has 2 aromatic heterocycles. The predicted molar refractivity (Wildman–Crippen MR) is 74.4 cm³/mol. The van der Waals surface area contributed by atoms with Gasteiger partial charge in [0.2, 0.25) is 0 Å². The monoisotopic (exact) mass is 311 g/mol. The number of hydrogen-bond donors (Lipinski definition) is 1. The second kappa shape index (κ2) is 5.58. The van der Waals surface area contributed by atoms with Crippen molar-refractivity contribution in [1.82, 2.24) is 19.7 Å². The van der Waals surface area contributed by atoms with E-state index in [4.69, 9.17) is 0 Å². The van der Waals surface area contributed by atoms with E-state index in [9.17, 15) is 13.2 Å². The van der Waals surface area contributed by atoms with E-state index in [0.717, 1.165) is 37.0 Å². The molecule has 1 unspecified atom stereocenters. The third kappa shape index (κ3) is 3.05. The largest absolute Gasteiger partial charge is 0.433 e. The van der Waals surface area contributed by atoms with Crippen molar-refractivity contribution in [3.63, 3.8) is 0 Å². The highest BCUT2D eigenvalue weighted by atomic mass is 19.4. The van der Waals surface area contributed by atoms with Crippen LogP contribution < -0.4 is 5.32 Å². The van der Waals surface area contributed by atoms with Crippen LogP contribution in [0.4, 0.5) is 19.0 Å². The number of halogens is 3. The van der Waals surface area contributed by atoms with Crippen molar-refractivity contribution in [3.8, 4) is 0 Å². The third-order valence-corrected chi connectivity index (χ3v) is 3.61. The molecule has 0 saturated heterocycles. The minimum Gasteiger partial charge on any atom is -0.365 e. The maximum Gasteiger partial charge on any atom is 0.433 e. The molecule has 1 aliphatic heterocycles. The molecule has 0 aromatic carbocycles. The summed E-state index contributed by atoms with van der Waals surface area (Å²) in [6.45, 7) is 2.57. The molecular formula is C14H16F3N5.